The van der Waals surface area contributed by atoms with Crippen molar-refractivity contribution in [3.63, 3.8) is 0 Å². The van der Waals surface area contributed by atoms with Gasteiger partial charge in [-0.25, -0.2) is 0 Å². The Balaban J connectivity index is 1.77. The molecule has 0 N–H and O–H groups in total. The first-order valence-corrected chi connectivity index (χ1v) is 9.15. The van der Waals surface area contributed by atoms with E-state index in [9.17, 15) is 0 Å². The zero-order valence-electron chi connectivity index (χ0n) is 16.0. The van der Waals surface area contributed by atoms with Gasteiger partial charge in [0, 0.05) is 24.7 Å². The highest BCUT2D eigenvalue weighted by molar-refractivity contribution is 5.73. The topological polar surface area (TPSA) is 12.4 Å². The molecule has 0 aliphatic rings. The van der Waals surface area contributed by atoms with Gasteiger partial charge in [-0.1, -0.05) is 66.0 Å². The molecule has 0 aliphatic heterocycles. The average Bonchev–Trinajstić information content (AvgIpc) is 2.70. The van der Waals surface area contributed by atoms with E-state index in [1.54, 1.807) is 0 Å². The normalized spacial score (nSPS) is 12.1. The highest BCUT2D eigenvalue weighted by Gasteiger charge is 1.95. The smallest absolute Gasteiger partial charge is 0.0398 e. The number of rotatable bonds is 6. The van der Waals surface area contributed by atoms with E-state index >= 15 is 0 Å². The largest absolute Gasteiger partial charge is 0.293 e. The fourth-order valence-corrected chi connectivity index (χ4v) is 2.40. The summed E-state index contributed by atoms with van der Waals surface area (Å²) in [5.74, 6) is 6.47. The van der Waals surface area contributed by atoms with Crippen LogP contribution in [0.25, 0.3) is 11.1 Å². The summed E-state index contributed by atoms with van der Waals surface area (Å²) in [7, 11) is 0. The molecule has 0 unspecified atom stereocenters. The first kappa shape index (κ1) is 19.5. The van der Waals surface area contributed by atoms with Crippen molar-refractivity contribution >= 4 is 6.21 Å². The second kappa shape index (κ2) is 10.9. The Hall–Kier alpha value is -2.85. The predicted octanol–water partition coefficient (Wildman–Crippen LogP) is 6.47. The number of nitrogens with zero attached hydrogens (tertiary/aromatic N) is 1. The molecule has 0 saturated heterocycles. The van der Waals surface area contributed by atoms with Gasteiger partial charge in [-0.15, -0.1) is 0 Å². The molecule has 2 aromatic carbocycles. The molecule has 0 aromatic heterocycles. The van der Waals surface area contributed by atoms with E-state index in [0.717, 1.165) is 24.9 Å². The molecule has 2 aromatic rings. The lowest BCUT2D eigenvalue weighted by atomic mass is 10.0. The van der Waals surface area contributed by atoms with E-state index in [1.165, 1.54) is 22.3 Å². The molecule has 0 amide bonds. The molecule has 0 bridgehead atoms. The molecular formula is C25H27N. The van der Waals surface area contributed by atoms with Gasteiger partial charge in [0.05, 0.1) is 0 Å². The van der Waals surface area contributed by atoms with E-state index < -0.39 is 0 Å². The number of allylic oxidation sites excluding steroid dienone is 4. The summed E-state index contributed by atoms with van der Waals surface area (Å²) in [6, 6.07) is 18.8. The molecule has 0 fully saturated rings. The summed E-state index contributed by atoms with van der Waals surface area (Å²) in [5.41, 5.74) is 6.07. The van der Waals surface area contributed by atoms with Crippen molar-refractivity contribution in [1.82, 2.24) is 0 Å². The van der Waals surface area contributed by atoms with Gasteiger partial charge in [-0.2, -0.15) is 0 Å². The number of benzene rings is 2. The summed E-state index contributed by atoms with van der Waals surface area (Å²) >= 11 is 0. The second-order valence-corrected chi connectivity index (χ2v) is 6.23. The van der Waals surface area contributed by atoms with Crippen molar-refractivity contribution in [3.8, 4) is 23.0 Å². The van der Waals surface area contributed by atoms with Crippen molar-refractivity contribution in [2.45, 2.75) is 33.6 Å². The van der Waals surface area contributed by atoms with Gasteiger partial charge in [0.25, 0.3) is 0 Å². The van der Waals surface area contributed by atoms with Crippen LogP contribution in [0.2, 0.25) is 0 Å². The number of hydrogen-bond acceptors (Lipinski definition) is 1. The Labute approximate surface area is 158 Å². The van der Waals surface area contributed by atoms with E-state index in [4.69, 9.17) is 0 Å². The molecule has 1 heteroatoms. The van der Waals surface area contributed by atoms with E-state index in [1.807, 2.05) is 12.3 Å². The number of aliphatic imine (C=N–C) groups is 1. The fraction of sp³-hybridized carbons (Fsp3) is 0.240. The van der Waals surface area contributed by atoms with Crippen LogP contribution in [0.5, 0.6) is 0 Å². The molecule has 1 nitrogen and oxygen atoms in total. The zero-order chi connectivity index (χ0) is 18.6. The minimum Gasteiger partial charge on any atom is -0.293 e. The van der Waals surface area contributed by atoms with Crippen LogP contribution in [0.1, 0.15) is 39.2 Å². The second-order valence-electron chi connectivity index (χ2n) is 6.23. The first-order valence-electron chi connectivity index (χ1n) is 9.15. The third-order valence-electron chi connectivity index (χ3n) is 4.30. The van der Waals surface area contributed by atoms with Crippen molar-refractivity contribution in [2.75, 3.05) is 6.54 Å². The predicted molar refractivity (Wildman–Crippen MR) is 115 cm³/mol. The molecule has 0 saturated carbocycles. The Morgan fingerprint density at radius 3 is 2.31 bits per heavy atom. The van der Waals surface area contributed by atoms with Crippen molar-refractivity contribution < 1.29 is 0 Å². The van der Waals surface area contributed by atoms with Crippen LogP contribution in [0, 0.1) is 11.8 Å². The van der Waals surface area contributed by atoms with Crippen LogP contribution in [0.3, 0.4) is 0 Å². The van der Waals surface area contributed by atoms with Gasteiger partial charge >= 0.3 is 0 Å². The Morgan fingerprint density at radius 1 is 0.923 bits per heavy atom. The summed E-state index contributed by atoms with van der Waals surface area (Å²) in [4.78, 5) is 4.42. The van der Waals surface area contributed by atoms with Crippen LogP contribution in [-0.2, 0) is 0 Å². The average molecular weight is 341 g/mol. The van der Waals surface area contributed by atoms with Gasteiger partial charge in [0.15, 0.2) is 0 Å². The number of hydrogen-bond donors (Lipinski definition) is 0. The van der Waals surface area contributed by atoms with Gasteiger partial charge in [0.1, 0.15) is 0 Å². The van der Waals surface area contributed by atoms with Crippen LogP contribution in [0.4, 0.5) is 0 Å². The van der Waals surface area contributed by atoms with Crippen LogP contribution < -0.4 is 0 Å². The quantitative estimate of drug-likeness (QED) is 0.247. The molecule has 0 atom stereocenters. The van der Waals surface area contributed by atoms with Gasteiger partial charge in [-0.05, 0) is 62.1 Å². The van der Waals surface area contributed by atoms with Gasteiger partial charge < -0.3 is 0 Å². The third kappa shape index (κ3) is 6.57. The van der Waals surface area contributed by atoms with E-state index in [2.05, 4.69) is 98.3 Å². The Morgan fingerprint density at radius 2 is 1.62 bits per heavy atom. The molecule has 0 aliphatic carbocycles. The van der Waals surface area contributed by atoms with Gasteiger partial charge in [0.2, 0.25) is 0 Å². The molecule has 2 rings (SSSR count). The highest BCUT2D eigenvalue weighted by atomic mass is 14.7. The third-order valence-corrected chi connectivity index (χ3v) is 4.30. The molecule has 0 heterocycles. The molecule has 132 valence electrons. The minimum atomic E-state index is 0.820. The molecular weight excluding hydrogens is 314 g/mol. The summed E-state index contributed by atoms with van der Waals surface area (Å²) in [5, 5.41) is 0. The molecule has 26 heavy (non-hydrogen) atoms. The summed E-state index contributed by atoms with van der Waals surface area (Å²) < 4.78 is 0. The number of unbranched alkanes of at least 4 members (excludes halogenated alkanes) is 1. The Kier molecular flexibility index (Phi) is 8.16. The van der Waals surface area contributed by atoms with Crippen LogP contribution in [-0.4, -0.2) is 12.8 Å². The lowest BCUT2D eigenvalue weighted by Crippen LogP contribution is -1.83. The molecule has 0 spiro atoms. The Bertz CT molecular complexity index is 825. The fourth-order valence-electron chi connectivity index (χ4n) is 2.40. The van der Waals surface area contributed by atoms with Crippen molar-refractivity contribution in [3.05, 3.63) is 83.5 Å². The SMILES string of the molecule is C\C=C(C)/C(C)=C\C=N\CCCC#Cc1ccc(-c2ccccc2)cc1. The highest BCUT2D eigenvalue weighted by Crippen LogP contribution is 2.18. The molecule has 0 radical (unpaired) electrons. The lowest BCUT2D eigenvalue weighted by molar-refractivity contribution is 0.874. The van der Waals surface area contributed by atoms with Crippen molar-refractivity contribution in [2.24, 2.45) is 4.99 Å². The maximum absolute atomic E-state index is 4.42. The standard InChI is InChI=1S/C25H27N/c1-4-21(2)22(3)18-20-26-19-10-6-7-11-23-14-16-25(17-15-23)24-12-8-5-9-13-24/h4-5,8-9,12-18,20H,6,10,19H2,1-3H3/b21-4-,22-18-,26-20+. The first-order chi connectivity index (χ1) is 12.7. The monoisotopic (exact) mass is 341 g/mol. The zero-order valence-corrected chi connectivity index (χ0v) is 16.0. The maximum atomic E-state index is 4.42. The maximum Gasteiger partial charge on any atom is 0.0398 e. The van der Waals surface area contributed by atoms with Crippen molar-refractivity contribution in [1.29, 1.82) is 0 Å². The summed E-state index contributed by atoms with van der Waals surface area (Å²) in [6.07, 6.45) is 7.93. The van der Waals surface area contributed by atoms with Crippen LogP contribution in [0.15, 0.2) is 82.9 Å². The lowest BCUT2D eigenvalue weighted by Gasteiger charge is -2.00. The van der Waals surface area contributed by atoms with Gasteiger partial charge in [-0.3, -0.25) is 4.99 Å². The van der Waals surface area contributed by atoms with E-state index in [0.29, 0.717) is 0 Å². The van der Waals surface area contributed by atoms with Crippen LogP contribution >= 0.6 is 0 Å². The minimum absolute atomic E-state index is 0.820. The summed E-state index contributed by atoms with van der Waals surface area (Å²) in [6.45, 7) is 7.09. The van der Waals surface area contributed by atoms with E-state index in [-0.39, 0.29) is 0 Å².